The first-order valence-corrected chi connectivity index (χ1v) is 8.72. The normalized spacial score (nSPS) is 12.5. The summed E-state index contributed by atoms with van der Waals surface area (Å²) in [5, 5.41) is 3.41. The van der Waals surface area contributed by atoms with Crippen LogP contribution in [0.15, 0.2) is 39.5 Å². The molecule has 1 atom stereocenters. The van der Waals surface area contributed by atoms with Crippen LogP contribution in [0.1, 0.15) is 44.2 Å². The van der Waals surface area contributed by atoms with Crippen molar-refractivity contribution in [3.63, 3.8) is 0 Å². The van der Waals surface area contributed by atoms with Crippen LogP contribution in [0, 0.1) is 0 Å². The molecule has 5 nitrogen and oxygen atoms in total. The summed E-state index contributed by atoms with van der Waals surface area (Å²) in [6, 6.07) is 8.27. The summed E-state index contributed by atoms with van der Waals surface area (Å²) in [5.41, 5.74) is 0.243. The van der Waals surface area contributed by atoms with Gasteiger partial charge in [-0.05, 0) is 45.7 Å². The quantitative estimate of drug-likeness (QED) is 0.772. The van der Waals surface area contributed by atoms with E-state index in [1.54, 1.807) is 29.2 Å². The van der Waals surface area contributed by atoms with E-state index in [-0.39, 0.29) is 23.1 Å². The van der Waals surface area contributed by atoms with Crippen LogP contribution in [-0.2, 0) is 0 Å². The van der Waals surface area contributed by atoms with E-state index in [1.165, 1.54) is 6.07 Å². The number of carbonyl (C=O) groups excluding carboxylic acids is 1. The number of amides is 1. The van der Waals surface area contributed by atoms with E-state index in [4.69, 9.17) is 4.42 Å². The van der Waals surface area contributed by atoms with Crippen molar-refractivity contribution in [2.75, 3.05) is 19.6 Å². The third-order valence-corrected chi connectivity index (χ3v) is 4.40. The molecule has 2 rings (SSSR count). The van der Waals surface area contributed by atoms with Crippen LogP contribution in [0.2, 0.25) is 0 Å². The molecule has 0 unspecified atom stereocenters. The van der Waals surface area contributed by atoms with Crippen LogP contribution in [-0.4, -0.2) is 31.6 Å². The molecule has 0 aliphatic rings. The van der Waals surface area contributed by atoms with Crippen LogP contribution in [0.4, 0.5) is 0 Å². The molecule has 0 aliphatic carbocycles. The lowest BCUT2D eigenvalue weighted by Gasteiger charge is -2.17. The van der Waals surface area contributed by atoms with Crippen molar-refractivity contribution in [2.24, 2.45) is 0 Å². The van der Waals surface area contributed by atoms with Gasteiger partial charge in [-0.3, -0.25) is 9.59 Å². The number of hydrogen-bond acceptors (Lipinski definition) is 3. The van der Waals surface area contributed by atoms with Gasteiger partial charge in [0.15, 0.2) is 11.2 Å². The summed E-state index contributed by atoms with van der Waals surface area (Å²) in [5.74, 6) is -0.263. The SMILES string of the molecule is CC[NH+](CC)CCC[C@@H](C)NC(=O)c1cc(=O)c2ccccc2o1. The zero-order valence-corrected chi connectivity index (χ0v) is 14.7. The molecule has 0 saturated heterocycles. The minimum Gasteiger partial charge on any atom is -0.451 e. The molecule has 1 aromatic heterocycles. The zero-order valence-electron chi connectivity index (χ0n) is 14.7. The second kappa shape index (κ2) is 8.64. The van der Waals surface area contributed by atoms with Crippen LogP contribution < -0.4 is 15.6 Å². The van der Waals surface area contributed by atoms with E-state index >= 15 is 0 Å². The molecule has 0 bridgehead atoms. The lowest BCUT2D eigenvalue weighted by Crippen LogP contribution is -3.11. The van der Waals surface area contributed by atoms with Gasteiger partial charge in [-0.2, -0.15) is 0 Å². The van der Waals surface area contributed by atoms with Crippen LogP contribution in [0.25, 0.3) is 11.0 Å². The molecule has 0 radical (unpaired) electrons. The summed E-state index contributed by atoms with van der Waals surface area (Å²) in [6.07, 6.45) is 1.97. The summed E-state index contributed by atoms with van der Waals surface area (Å²) in [4.78, 5) is 25.9. The van der Waals surface area contributed by atoms with Crippen LogP contribution in [0.5, 0.6) is 0 Å². The first kappa shape index (κ1) is 18.2. The Kier molecular flexibility index (Phi) is 6.55. The van der Waals surface area contributed by atoms with Crippen LogP contribution in [0.3, 0.4) is 0 Å². The Morgan fingerprint density at radius 3 is 2.67 bits per heavy atom. The fourth-order valence-corrected chi connectivity index (χ4v) is 2.84. The third-order valence-electron chi connectivity index (χ3n) is 4.40. The summed E-state index contributed by atoms with van der Waals surface area (Å²) >= 11 is 0. The van der Waals surface area contributed by atoms with E-state index in [2.05, 4.69) is 19.2 Å². The predicted octanol–water partition coefficient (Wildman–Crippen LogP) is 1.62. The van der Waals surface area contributed by atoms with Gasteiger partial charge in [0.1, 0.15) is 5.58 Å². The first-order valence-electron chi connectivity index (χ1n) is 8.72. The predicted molar refractivity (Wildman–Crippen MR) is 95.6 cm³/mol. The van der Waals surface area contributed by atoms with Gasteiger partial charge < -0.3 is 14.6 Å². The number of fused-ring (bicyclic) bond motifs is 1. The van der Waals surface area contributed by atoms with Gasteiger partial charge >= 0.3 is 0 Å². The molecule has 24 heavy (non-hydrogen) atoms. The van der Waals surface area contributed by atoms with Gasteiger partial charge in [-0.1, -0.05) is 12.1 Å². The number of hydrogen-bond donors (Lipinski definition) is 2. The molecule has 1 aromatic carbocycles. The largest absolute Gasteiger partial charge is 0.451 e. The number of carbonyl (C=O) groups is 1. The Morgan fingerprint density at radius 2 is 1.96 bits per heavy atom. The molecule has 1 heterocycles. The average molecular weight is 331 g/mol. The van der Waals surface area contributed by atoms with E-state index in [9.17, 15) is 9.59 Å². The van der Waals surface area contributed by atoms with Crippen LogP contribution >= 0.6 is 0 Å². The van der Waals surface area contributed by atoms with Crippen molar-refractivity contribution < 1.29 is 14.1 Å². The zero-order chi connectivity index (χ0) is 17.5. The fourth-order valence-electron chi connectivity index (χ4n) is 2.84. The van der Waals surface area contributed by atoms with Crippen molar-refractivity contribution in [1.29, 1.82) is 0 Å². The highest BCUT2D eigenvalue weighted by atomic mass is 16.3. The smallest absolute Gasteiger partial charge is 0.287 e. The summed E-state index contributed by atoms with van der Waals surface area (Å²) in [7, 11) is 0. The maximum atomic E-state index is 12.3. The van der Waals surface area contributed by atoms with Gasteiger partial charge in [0.25, 0.3) is 5.91 Å². The molecule has 0 saturated carbocycles. The maximum Gasteiger partial charge on any atom is 0.287 e. The molecule has 0 aliphatic heterocycles. The number of quaternary nitrogens is 1. The molecular weight excluding hydrogens is 304 g/mol. The average Bonchev–Trinajstić information content (AvgIpc) is 2.58. The molecule has 2 N–H and O–H groups in total. The second-order valence-electron chi connectivity index (χ2n) is 6.19. The van der Waals surface area contributed by atoms with E-state index in [1.807, 2.05) is 6.92 Å². The van der Waals surface area contributed by atoms with E-state index in [0.29, 0.717) is 11.0 Å². The molecule has 130 valence electrons. The van der Waals surface area contributed by atoms with Crippen molar-refractivity contribution in [2.45, 2.75) is 39.7 Å². The first-order chi connectivity index (χ1) is 11.5. The topological polar surface area (TPSA) is 63.8 Å². The fraction of sp³-hybridized carbons (Fsp3) is 0.474. The number of rotatable bonds is 8. The lowest BCUT2D eigenvalue weighted by atomic mass is 10.1. The molecule has 0 spiro atoms. The van der Waals surface area contributed by atoms with Gasteiger partial charge in [0, 0.05) is 12.1 Å². The minimum atomic E-state index is -0.333. The molecular formula is C19H27N2O3+. The van der Waals surface area contributed by atoms with Gasteiger partial charge in [-0.15, -0.1) is 0 Å². The summed E-state index contributed by atoms with van der Waals surface area (Å²) < 4.78 is 5.57. The van der Waals surface area contributed by atoms with Gasteiger partial charge in [-0.25, -0.2) is 0 Å². The van der Waals surface area contributed by atoms with Crippen molar-refractivity contribution in [1.82, 2.24) is 5.32 Å². The summed E-state index contributed by atoms with van der Waals surface area (Å²) in [6.45, 7) is 9.71. The van der Waals surface area contributed by atoms with E-state index < -0.39 is 0 Å². The Bertz CT molecular complexity index is 735. The Morgan fingerprint density at radius 1 is 1.25 bits per heavy atom. The Labute approximate surface area is 142 Å². The minimum absolute atomic E-state index is 0.0456. The monoisotopic (exact) mass is 331 g/mol. The highest BCUT2D eigenvalue weighted by molar-refractivity contribution is 5.93. The standard InChI is InChI=1S/C19H26N2O3/c1-4-21(5-2)12-8-9-14(3)20-19(23)18-13-16(22)15-10-6-7-11-17(15)24-18/h6-7,10-11,13-14H,4-5,8-9,12H2,1-3H3,(H,20,23)/p+1/t14-/m1/s1. The van der Waals surface area contributed by atoms with Crippen molar-refractivity contribution >= 4 is 16.9 Å². The van der Waals surface area contributed by atoms with Gasteiger partial charge in [0.05, 0.1) is 25.0 Å². The maximum absolute atomic E-state index is 12.3. The Balaban J connectivity index is 1.96. The lowest BCUT2D eigenvalue weighted by molar-refractivity contribution is -0.896. The number of nitrogens with one attached hydrogen (secondary N) is 2. The molecule has 5 heteroatoms. The second-order valence-corrected chi connectivity index (χ2v) is 6.19. The van der Waals surface area contributed by atoms with E-state index in [0.717, 1.165) is 32.5 Å². The van der Waals surface area contributed by atoms with Crippen molar-refractivity contribution in [3.8, 4) is 0 Å². The molecule has 2 aromatic rings. The Hall–Kier alpha value is -2.14. The third kappa shape index (κ3) is 4.68. The molecule has 0 fully saturated rings. The van der Waals surface area contributed by atoms with Crippen molar-refractivity contribution in [3.05, 3.63) is 46.3 Å². The highest BCUT2D eigenvalue weighted by Crippen LogP contribution is 2.11. The van der Waals surface area contributed by atoms with Gasteiger partial charge in [0.2, 0.25) is 0 Å². The highest BCUT2D eigenvalue weighted by Gasteiger charge is 2.15. The number of benzene rings is 1. The number of para-hydroxylation sites is 1. The molecule has 1 amide bonds.